The lowest BCUT2D eigenvalue weighted by molar-refractivity contribution is -0.121. The molecule has 1 aromatic heterocycles. The standard InChI is InChI=1S/C21H20BrClN4O2/c22-16-5-3-14(4-6-16)20-25-19(29-26-20)13-27-11-1-2-15(12-27)21(28)24-18-9-7-17(23)8-10-18/h3-10,15H,1-2,11-13H2,(H,24,28). The molecule has 1 aliphatic rings. The van der Waals surface area contributed by atoms with Crippen LogP contribution in [-0.4, -0.2) is 34.0 Å². The highest BCUT2D eigenvalue weighted by Gasteiger charge is 2.27. The van der Waals surface area contributed by atoms with E-state index in [4.69, 9.17) is 16.1 Å². The first-order valence-corrected chi connectivity index (χ1v) is 10.6. The smallest absolute Gasteiger partial charge is 0.241 e. The summed E-state index contributed by atoms with van der Waals surface area (Å²) in [5.41, 5.74) is 1.66. The molecule has 1 fully saturated rings. The average molecular weight is 476 g/mol. The first kappa shape index (κ1) is 20.1. The van der Waals surface area contributed by atoms with E-state index in [1.54, 1.807) is 12.1 Å². The summed E-state index contributed by atoms with van der Waals surface area (Å²) in [7, 11) is 0. The molecule has 2 heterocycles. The van der Waals surface area contributed by atoms with Gasteiger partial charge in [0.1, 0.15) is 0 Å². The lowest BCUT2D eigenvalue weighted by Gasteiger charge is -2.30. The quantitative estimate of drug-likeness (QED) is 0.562. The number of halogens is 2. The molecule has 1 unspecified atom stereocenters. The SMILES string of the molecule is O=C(Nc1ccc(Cl)cc1)C1CCCN(Cc2nc(-c3ccc(Br)cc3)no2)C1. The summed E-state index contributed by atoms with van der Waals surface area (Å²) < 4.78 is 6.43. The van der Waals surface area contributed by atoms with Gasteiger partial charge in [-0.2, -0.15) is 4.98 Å². The Morgan fingerprint density at radius 2 is 1.97 bits per heavy atom. The van der Waals surface area contributed by atoms with Crippen LogP contribution in [0.4, 0.5) is 5.69 Å². The van der Waals surface area contributed by atoms with Crippen LogP contribution in [0, 0.1) is 5.92 Å². The van der Waals surface area contributed by atoms with Gasteiger partial charge in [0.05, 0.1) is 12.5 Å². The van der Waals surface area contributed by atoms with Crippen molar-refractivity contribution in [1.82, 2.24) is 15.0 Å². The monoisotopic (exact) mass is 474 g/mol. The number of piperidine rings is 1. The van der Waals surface area contributed by atoms with Gasteiger partial charge in [-0.15, -0.1) is 0 Å². The first-order valence-electron chi connectivity index (χ1n) is 9.44. The van der Waals surface area contributed by atoms with Crippen molar-refractivity contribution in [3.8, 4) is 11.4 Å². The van der Waals surface area contributed by atoms with E-state index in [0.29, 0.717) is 29.8 Å². The van der Waals surface area contributed by atoms with E-state index in [1.807, 2.05) is 36.4 Å². The summed E-state index contributed by atoms with van der Waals surface area (Å²) in [5.74, 6) is 1.08. The number of nitrogens with one attached hydrogen (secondary N) is 1. The van der Waals surface area contributed by atoms with Crippen LogP contribution in [0.1, 0.15) is 18.7 Å². The molecule has 1 atom stereocenters. The molecule has 0 saturated carbocycles. The van der Waals surface area contributed by atoms with Gasteiger partial charge in [0.2, 0.25) is 17.6 Å². The first-order chi connectivity index (χ1) is 14.1. The molecule has 1 saturated heterocycles. The van der Waals surface area contributed by atoms with Crippen LogP contribution in [0.3, 0.4) is 0 Å². The van der Waals surface area contributed by atoms with E-state index >= 15 is 0 Å². The number of anilines is 1. The topological polar surface area (TPSA) is 71.3 Å². The van der Waals surface area contributed by atoms with Gasteiger partial charge >= 0.3 is 0 Å². The van der Waals surface area contributed by atoms with Crippen LogP contribution in [0.25, 0.3) is 11.4 Å². The van der Waals surface area contributed by atoms with Crippen LogP contribution >= 0.6 is 27.5 Å². The second-order valence-electron chi connectivity index (χ2n) is 7.09. The van der Waals surface area contributed by atoms with Crippen LogP contribution in [0.15, 0.2) is 57.5 Å². The van der Waals surface area contributed by atoms with Crippen LogP contribution < -0.4 is 5.32 Å². The normalized spacial score (nSPS) is 17.2. The van der Waals surface area contributed by atoms with E-state index in [9.17, 15) is 4.79 Å². The van der Waals surface area contributed by atoms with Crippen molar-refractivity contribution < 1.29 is 9.32 Å². The minimum Gasteiger partial charge on any atom is -0.338 e. The highest BCUT2D eigenvalue weighted by molar-refractivity contribution is 9.10. The minimum atomic E-state index is -0.0757. The number of hydrogen-bond donors (Lipinski definition) is 1. The number of benzene rings is 2. The minimum absolute atomic E-state index is 0.0260. The second-order valence-corrected chi connectivity index (χ2v) is 8.44. The highest BCUT2D eigenvalue weighted by Crippen LogP contribution is 2.23. The predicted molar refractivity (Wildman–Crippen MR) is 116 cm³/mol. The second kappa shape index (κ2) is 9.07. The van der Waals surface area contributed by atoms with Gasteiger partial charge in [-0.1, -0.05) is 32.7 Å². The van der Waals surface area contributed by atoms with Crippen molar-refractivity contribution in [2.45, 2.75) is 19.4 Å². The fraction of sp³-hybridized carbons (Fsp3) is 0.286. The van der Waals surface area contributed by atoms with Crippen molar-refractivity contribution in [2.75, 3.05) is 18.4 Å². The number of likely N-dealkylation sites (tertiary alicyclic amines) is 1. The van der Waals surface area contributed by atoms with Crippen LogP contribution in [0.2, 0.25) is 5.02 Å². The Balaban J connectivity index is 1.35. The van der Waals surface area contributed by atoms with E-state index in [1.165, 1.54) is 0 Å². The van der Waals surface area contributed by atoms with Crippen molar-refractivity contribution >= 4 is 39.1 Å². The van der Waals surface area contributed by atoms with Crippen molar-refractivity contribution in [3.05, 3.63) is 63.9 Å². The summed E-state index contributed by atoms with van der Waals surface area (Å²) in [6.45, 7) is 2.10. The van der Waals surface area contributed by atoms with Crippen molar-refractivity contribution in [3.63, 3.8) is 0 Å². The number of aromatic nitrogens is 2. The van der Waals surface area contributed by atoms with Gasteiger partial charge in [0.25, 0.3) is 0 Å². The van der Waals surface area contributed by atoms with Crippen LogP contribution in [0.5, 0.6) is 0 Å². The number of amides is 1. The van der Waals surface area contributed by atoms with Gasteiger partial charge in [0, 0.05) is 27.3 Å². The molecule has 3 aromatic rings. The molecule has 1 aliphatic heterocycles. The fourth-order valence-electron chi connectivity index (χ4n) is 3.42. The van der Waals surface area contributed by atoms with Crippen molar-refractivity contribution in [2.24, 2.45) is 5.92 Å². The molecule has 0 radical (unpaired) electrons. The van der Waals surface area contributed by atoms with Gasteiger partial charge in [-0.25, -0.2) is 0 Å². The molecule has 1 N–H and O–H groups in total. The van der Waals surface area contributed by atoms with Gasteiger partial charge in [0.15, 0.2) is 0 Å². The van der Waals surface area contributed by atoms with Gasteiger partial charge < -0.3 is 9.84 Å². The predicted octanol–water partition coefficient (Wildman–Crippen LogP) is 5.00. The van der Waals surface area contributed by atoms with Crippen LogP contribution in [-0.2, 0) is 11.3 Å². The lowest BCUT2D eigenvalue weighted by atomic mass is 9.97. The molecule has 150 valence electrons. The third-order valence-corrected chi connectivity index (χ3v) is 5.70. The van der Waals surface area contributed by atoms with Gasteiger partial charge in [-0.3, -0.25) is 9.69 Å². The third-order valence-electron chi connectivity index (χ3n) is 4.92. The molecular formula is C21H20BrClN4O2. The highest BCUT2D eigenvalue weighted by atomic mass is 79.9. The Kier molecular flexibility index (Phi) is 6.28. The number of rotatable bonds is 5. The Morgan fingerprint density at radius 1 is 1.21 bits per heavy atom. The summed E-state index contributed by atoms with van der Waals surface area (Å²) >= 11 is 9.32. The zero-order chi connectivity index (χ0) is 20.2. The largest absolute Gasteiger partial charge is 0.338 e. The number of hydrogen-bond acceptors (Lipinski definition) is 5. The summed E-state index contributed by atoms with van der Waals surface area (Å²) in [6, 6.07) is 14.9. The average Bonchev–Trinajstić information content (AvgIpc) is 3.19. The molecule has 0 bridgehead atoms. The zero-order valence-corrected chi connectivity index (χ0v) is 18.0. The van der Waals surface area contributed by atoms with E-state index < -0.39 is 0 Å². The fourth-order valence-corrected chi connectivity index (χ4v) is 3.81. The molecule has 29 heavy (non-hydrogen) atoms. The van der Waals surface area contributed by atoms with Gasteiger partial charge in [-0.05, 0) is 67.9 Å². The Morgan fingerprint density at radius 3 is 2.72 bits per heavy atom. The molecule has 2 aromatic carbocycles. The molecule has 0 spiro atoms. The number of carbonyl (C=O) groups is 1. The number of nitrogens with zero attached hydrogens (tertiary/aromatic N) is 3. The maximum atomic E-state index is 12.6. The molecule has 4 rings (SSSR count). The third kappa shape index (κ3) is 5.23. The Labute approximate surface area is 182 Å². The summed E-state index contributed by atoms with van der Waals surface area (Å²) in [6.07, 6.45) is 1.82. The molecule has 1 amide bonds. The molecule has 6 nitrogen and oxygen atoms in total. The maximum Gasteiger partial charge on any atom is 0.241 e. The number of carbonyl (C=O) groups excluding carboxylic acids is 1. The zero-order valence-electron chi connectivity index (χ0n) is 15.6. The summed E-state index contributed by atoms with van der Waals surface area (Å²) in [5, 5.41) is 7.70. The molecule has 8 heteroatoms. The van der Waals surface area contributed by atoms with E-state index in [-0.39, 0.29) is 11.8 Å². The van der Waals surface area contributed by atoms with E-state index in [2.05, 4.69) is 36.3 Å². The molecular weight excluding hydrogens is 456 g/mol. The molecule has 0 aliphatic carbocycles. The van der Waals surface area contributed by atoms with E-state index in [0.717, 1.165) is 35.1 Å². The maximum absolute atomic E-state index is 12.6. The Bertz CT molecular complexity index is 975. The van der Waals surface area contributed by atoms with Crippen molar-refractivity contribution in [1.29, 1.82) is 0 Å². The Hall–Kier alpha value is -2.22. The lowest BCUT2D eigenvalue weighted by Crippen LogP contribution is -2.40. The summed E-state index contributed by atoms with van der Waals surface area (Å²) in [4.78, 5) is 19.3.